The number of hydrogen-bond acceptors (Lipinski definition) is 4. The number of phenolic OH excluding ortho intramolecular Hbond substituents is 1. The number of aromatic hydroxyl groups is 1. The maximum Gasteiger partial charge on any atom is 0.271 e. The van der Waals surface area contributed by atoms with Gasteiger partial charge in [0, 0.05) is 10.6 Å². The quantitative estimate of drug-likeness (QED) is 0.336. The zero-order chi connectivity index (χ0) is 23.5. The maximum absolute atomic E-state index is 13.5. The van der Waals surface area contributed by atoms with E-state index in [-0.39, 0.29) is 11.7 Å². The zero-order valence-electron chi connectivity index (χ0n) is 18.2. The SMILES string of the molecule is CCc1ccc(N=C2SC(=Cc3cc(Cl)cc(Br)c3O)C(=O)N2c2ccc(CC)cc2)cc1. The Bertz CT molecular complexity index is 1250. The fourth-order valence-electron chi connectivity index (χ4n) is 3.41. The molecular weight excluding hydrogens is 520 g/mol. The van der Waals surface area contributed by atoms with Crippen LogP contribution in [0.2, 0.25) is 5.02 Å². The molecule has 1 heterocycles. The molecule has 0 aromatic heterocycles. The number of aryl methyl sites for hydroxylation is 2. The van der Waals surface area contributed by atoms with Gasteiger partial charge in [-0.2, -0.15) is 0 Å². The Morgan fingerprint density at radius 3 is 2.24 bits per heavy atom. The van der Waals surface area contributed by atoms with E-state index in [9.17, 15) is 9.90 Å². The first-order valence-electron chi connectivity index (χ1n) is 10.6. The van der Waals surface area contributed by atoms with E-state index in [0.717, 1.165) is 24.2 Å². The van der Waals surface area contributed by atoms with Gasteiger partial charge in [-0.15, -0.1) is 0 Å². The smallest absolute Gasteiger partial charge is 0.271 e. The summed E-state index contributed by atoms with van der Waals surface area (Å²) in [5.74, 6) is -0.177. The number of aliphatic imine (C=N–C) groups is 1. The second-order valence-corrected chi connectivity index (χ2v) is 9.81. The van der Waals surface area contributed by atoms with Crippen LogP contribution in [0.25, 0.3) is 6.08 Å². The highest BCUT2D eigenvalue weighted by Gasteiger charge is 2.35. The number of amidine groups is 1. The van der Waals surface area contributed by atoms with E-state index < -0.39 is 0 Å². The molecule has 1 aliphatic heterocycles. The van der Waals surface area contributed by atoms with Crippen LogP contribution in [0.4, 0.5) is 11.4 Å². The first-order chi connectivity index (χ1) is 15.9. The van der Waals surface area contributed by atoms with Crippen molar-refractivity contribution in [1.29, 1.82) is 0 Å². The van der Waals surface area contributed by atoms with Gasteiger partial charge >= 0.3 is 0 Å². The van der Waals surface area contributed by atoms with Gasteiger partial charge in [0.05, 0.1) is 20.8 Å². The number of hydrogen-bond donors (Lipinski definition) is 1. The third-order valence-corrected chi connectivity index (χ3v) is 7.11. The van der Waals surface area contributed by atoms with Crippen LogP contribution in [0.15, 0.2) is 75.0 Å². The van der Waals surface area contributed by atoms with Crippen LogP contribution in [0, 0.1) is 0 Å². The van der Waals surface area contributed by atoms with Gasteiger partial charge in [-0.05, 0) is 94.1 Å². The predicted molar refractivity (Wildman–Crippen MR) is 143 cm³/mol. The Morgan fingerprint density at radius 2 is 1.64 bits per heavy atom. The van der Waals surface area contributed by atoms with Crippen molar-refractivity contribution >= 4 is 67.8 Å². The monoisotopic (exact) mass is 540 g/mol. The normalized spacial score (nSPS) is 16.2. The van der Waals surface area contributed by atoms with E-state index >= 15 is 0 Å². The number of carbonyl (C=O) groups excluding carboxylic acids is 1. The van der Waals surface area contributed by atoms with Crippen molar-refractivity contribution in [1.82, 2.24) is 0 Å². The topological polar surface area (TPSA) is 52.9 Å². The summed E-state index contributed by atoms with van der Waals surface area (Å²) in [6, 6.07) is 19.1. The van der Waals surface area contributed by atoms with Gasteiger partial charge in [0.15, 0.2) is 5.17 Å². The van der Waals surface area contributed by atoms with Crippen molar-refractivity contribution in [3.05, 3.63) is 91.8 Å². The number of phenols is 1. The Labute approximate surface area is 211 Å². The fourth-order valence-corrected chi connectivity index (χ4v) is 5.24. The molecule has 0 saturated carbocycles. The Hall–Kier alpha value is -2.54. The summed E-state index contributed by atoms with van der Waals surface area (Å²) in [6.45, 7) is 4.20. The summed E-state index contributed by atoms with van der Waals surface area (Å²) in [5.41, 5.74) is 4.39. The molecule has 1 fully saturated rings. The Balaban J connectivity index is 1.78. The van der Waals surface area contributed by atoms with Gasteiger partial charge in [0.2, 0.25) is 0 Å². The van der Waals surface area contributed by atoms with E-state index in [2.05, 4.69) is 29.8 Å². The molecule has 0 spiro atoms. The molecule has 4 rings (SSSR count). The molecule has 1 aliphatic rings. The van der Waals surface area contributed by atoms with Gasteiger partial charge < -0.3 is 5.11 Å². The Morgan fingerprint density at radius 1 is 1.03 bits per heavy atom. The molecule has 0 bridgehead atoms. The average Bonchev–Trinajstić information content (AvgIpc) is 3.12. The lowest BCUT2D eigenvalue weighted by Gasteiger charge is -2.16. The minimum Gasteiger partial charge on any atom is -0.506 e. The second kappa shape index (κ2) is 10.2. The molecule has 1 amide bonds. The van der Waals surface area contributed by atoms with E-state index in [0.29, 0.717) is 25.1 Å². The molecule has 3 aromatic rings. The van der Waals surface area contributed by atoms with Crippen LogP contribution in [0.1, 0.15) is 30.5 Å². The summed E-state index contributed by atoms with van der Waals surface area (Å²) in [6.07, 6.45) is 3.52. The van der Waals surface area contributed by atoms with Crippen LogP contribution < -0.4 is 4.90 Å². The van der Waals surface area contributed by atoms with Gasteiger partial charge in [0.1, 0.15) is 5.75 Å². The van der Waals surface area contributed by atoms with Crippen molar-refractivity contribution in [2.45, 2.75) is 26.7 Å². The highest BCUT2D eigenvalue weighted by atomic mass is 79.9. The number of thioether (sulfide) groups is 1. The number of benzene rings is 3. The van der Waals surface area contributed by atoms with Crippen molar-refractivity contribution in [3.63, 3.8) is 0 Å². The lowest BCUT2D eigenvalue weighted by atomic mass is 10.1. The minimum absolute atomic E-state index is 0.0275. The first-order valence-corrected chi connectivity index (χ1v) is 12.6. The summed E-state index contributed by atoms with van der Waals surface area (Å²) in [4.78, 5) is 20.3. The molecule has 1 saturated heterocycles. The summed E-state index contributed by atoms with van der Waals surface area (Å²) in [5, 5.41) is 11.5. The van der Waals surface area contributed by atoms with Gasteiger partial charge in [-0.3, -0.25) is 9.69 Å². The third-order valence-electron chi connectivity index (χ3n) is 5.32. The lowest BCUT2D eigenvalue weighted by Crippen LogP contribution is -2.28. The van der Waals surface area contributed by atoms with Gasteiger partial charge in [0.25, 0.3) is 5.91 Å². The van der Waals surface area contributed by atoms with Crippen molar-refractivity contribution < 1.29 is 9.90 Å². The predicted octanol–water partition coefficient (Wildman–Crippen LogP) is 7.74. The summed E-state index contributed by atoms with van der Waals surface area (Å²) < 4.78 is 0.467. The fraction of sp³-hybridized carbons (Fsp3) is 0.154. The van der Waals surface area contributed by atoms with E-state index in [1.54, 1.807) is 23.1 Å². The highest BCUT2D eigenvalue weighted by Crippen LogP contribution is 2.40. The molecule has 0 radical (unpaired) electrons. The molecule has 168 valence electrons. The van der Waals surface area contributed by atoms with E-state index in [1.807, 2.05) is 48.5 Å². The van der Waals surface area contributed by atoms with Crippen LogP contribution in [-0.4, -0.2) is 16.2 Å². The van der Waals surface area contributed by atoms with E-state index in [1.165, 1.54) is 22.9 Å². The second-order valence-electron chi connectivity index (χ2n) is 7.51. The van der Waals surface area contributed by atoms with Crippen molar-refractivity contribution in [2.75, 3.05) is 4.90 Å². The molecule has 0 atom stereocenters. The average molecular weight is 542 g/mol. The van der Waals surface area contributed by atoms with Crippen molar-refractivity contribution in [2.24, 2.45) is 4.99 Å². The maximum atomic E-state index is 13.5. The molecule has 3 aromatic carbocycles. The first kappa shape index (κ1) is 23.6. The number of rotatable bonds is 5. The Kier molecular flexibility index (Phi) is 7.27. The third kappa shape index (κ3) is 5.18. The molecule has 4 nitrogen and oxygen atoms in total. The highest BCUT2D eigenvalue weighted by molar-refractivity contribution is 9.10. The number of nitrogens with zero attached hydrogens (tertiary/aromatic N) is 2. The van der Waals surface area contributed by atoms with Crippen LogP contribution in [0.3, 0.4) is 0 Å². The number of halogens is 2. The summed E-state index contributed by atoms with van der Waals surface area (Å²) in [7, 11) is 0. The summed E-state index contributed by atoms with van der Waals surface area (Å²) >= 11 is 10.7. The lowest BCUT2D eigenvalue weighted by molar-refractivity contribution is -0.113. The van der Waals surface area contributed by atoms with Crippen LogP contribution in [-0.2, 0) is 17.6 Å². The number of anilines is 1. The van der Waals surface area contributed by atoms with Crippen molar-refractivity contribution in [3.8, 4) is 5.75 Å². The molecule has 0 aliphatic carbocycles. The molecular formula is C26H22BrClN2O2S. The standard InChI is InChI=1S/C26H22BrClN2O2S/c1-3-16-5-9-20(10-6-16)29-26-30(21-11-7-17(4-2)8-12-21)25(32)23(33-26)14-18-13-19(28)15-22(27)24(18)31/h5-15,31H,3-4H2,1-2H3. The zero-order valence-corrected chi connectivity index (χ0v) is 21.3. The number of amides is 1. The molecule has 7 heteroatoms. The molecule has 1 N–H and O–H groups in total. The van der Waals surface area contributed by atoms with Gasteiger partial charge in [-0.25, -0.2) is 4.99 Å². The molecule has 0 unspecified atom stereocenters. The van der Waals surface area contributed by atoms with Crippen LogP contribution in [0.5, 0.6) is 5.75 Å². The van der Waals surface area contributed by atoms with Crippen LogP contribution >= 0.6 is 39.3 Å². The minimum atomic E-state index is -0.205. The van der Waals surface area contributed by atoms with Gasteiger partial charge in [-0.1, -0.05) is 49.7 Å². The largest absolute Gasteiger partial charge is 0.506 e. The molecule has 33 heavy (non-hydrogen) atoms. The van der Waals surface area contributed by atoms with E-state index in [4.69, 9.17) is 16.6 Å². The number of carbonyl (C=O) groups is 1.